The molecule has 0 bridgehead atoms. The molecule has 0 amide bonds. The molecule has 0 unspecified atom stereocenters. The second-order valence-electron chi connectivity index (χ2n) is 2.48. The zero-order valence-corrected chi connectivity index (χ0v) is 7.63. The molecule has 0 aliphatic carbocycles. The minimum Gasteiger partial charge on any atom is -0.207 e. The van der Waals surface area contributed by atoms with Gasteiger partial charge in [-0.3, -0.25) is 0 Å². The second-order valence-corrected chi connectivity index (χ2v) is 3.46. The summed E-state index contributed by atoms with van der Waals surface area (Å²) in [6.07, 6.45) is 2.62. The average Bonchev–Trinajstić information content (AvgIpc) is 2.03. The summed E-state index contributed by atoms with van der Waals surface area (Å²) in [5, 5.41) is 0. The summed E-state index contributed by atoms with van der Waals surface area (Å²) in [5.74, 6) is -0.0906. The van der Waals surface area contributed by atoms with Gasteiger partial charge in [-0.25, -0.2) is 8.78 Å². The van der Waals surface area contributed by atoms with Crippen molar-refractivity contribution in [2.24, 2.45) is 0 Å². The summed E-state index contributed by atoms with van der Waals surface area (Å²) in [7, 11) is 0. The Bertz CT molecular complexity index is 261. The standard InChI is InChI=1S/C9H10F2S/c1-12-5-4-7-2-3-8(10)6-9(7)11/h2-3,6H,4-5H2,1H3. The third kappa shape index (κ3) is 2.48. The first kappa shape index (κ1) is 9.52. The first-order valence-electron chi connectivity index (χ1n) is 3.67. The number of rotatable bonds is 3. The summed E-state index contributed by atoms with van der Waals surface area (Å²) < 4.78 is 25.3. The summed E-state index contributed by atoms with van der Waals surface area (Å²) in [6.45, 7) is 0. The molecule has 0 saturated heterocycles. The van der Waals surface area contributed by atoms with E-state index in [-0.39, 0.29) is 0 Å². The predicted octanol–water partition coefficient (Wildman–Crippen LogP) is 2.87. The topological polar surface area (TPSA) is 0 Å². The highest BCUT2D eigenvalue weighted by Crippen LogP contribution is 2.11. The Hall–Kier alpha value is -0.570. The van der Waals surface area contributed by atoms with Gasteiger partial charge in [0.2, 0.25) is 0 Å². The highest BCUT2D eigenvalue weighted by Gasteiger charge is 2.02. The number of hydrogen-bond acceptors (Lipinski definition) is 1. The van der Waals surface area contributed by atoms with Crippen molar-refractivity contribution in [1.29, 1.82) is 0 Å². The molecule has 0 N–H and O–H groups in total. The van der Waals surface area contributed by atoms with Crippen molar-refractivity contribution < 1.29 is 8.78 Å². The Morgan fingerprint density at radius 1 is 1.33 bits per heavy atom. The zero-order chi connectivity index (χ0) is 8.97. The van der Waals surface area contributed by atoms with E-state index in [1.165, 1.54) is 12.1 Å². The number of halogens is 2. The van der Waals surface area contributed by atoms with E-state index in [0.29, 0.717) is 12.0 Å². The lowest BCUT2D eigenvalue weighted by atomic mass is 10.1. The molecule has 12 heavy (non-hydrogen) atoms. The maximum absolute atomic E-state index is 12.9. The maximum atomic E-state index is 12.9. The monoisotopic (exact) mass is 188 g/mol. The van der Waals surface area contributed by atoms with Crippen LogP contribution in [-0.2, 0) is 6.42 Å². The quantitative estimate of drug-likeness (QED) is 0.702. The van der Waals surface area contributed by atoms with Gasteiger partial charge in [-0.2, -0.15) is 11.8 Å². The van der Waals surface area contributed by atoms with Gasteiger partial charge in [0.05, 0.1) is 0 Å². The van der Waals surface area contributed by atoms with Crippen molar-refractivity contribution in [3.8, 4) is 0 Å². The van der Waals surface area contributed by atoms with Gasteiger partial charge in [-0.15, -0.1) is 0 Å². The Kier molecular flexibility index (Phi) is 3.53. The first-order chi connectivity index (χ1) is 5.74. The van der Waals surface area contributed by atoms with Crippen LogP contribution in [0.2, 0.25) is 0 Å². The van der Waals surface area contributed by atoms with Gasteiger partial charge >= 0.3 is 0 Å². The molecule has 0 saturated carbocycles. The van der Waals surface area contributed by atoms with Crippen LogP contribution in [0.15, 0.2) is 18.2 Å². The van der Waals surface area contributed by atoms with E-state index in [2.05, 4.69) is 0 Å². The minimum absolute atomic E-state index is 0.441. The lowest BCUT2D eigenvalue weighted by Crippen LogP contribution is -1.93. The Labute approximate surface area is 75.0 Å². The molecule has 1 aromatic rings. The molecule has 0 atom stereocenters. The van der Waals surface area contributed by atoms with Crippen LogP contribution in [0.25, 0.3) is 0 Å². The average molecular weight is 188 g/mol. The van der Waals surface area contributed by atoms with Crippen molar-refractivity contribution >= 4 is 11.8 Å². The van der Waals surface area contributed by atoms with Gasteiger partial charge in [0.25, 0.3) is 0 Å². The number of thioether (sulfide) groups is 1. The first-order valence-corrected chi connectivity index (χ1v) is 5.06. The van der Waals surface area contributed by atoms with Crippen LogP contribution in [-0.4, -0.2) is 12.0 Å². The van der Waals surface area contributed by atoms with Crippen LogP contribution in [0.1, 0.15) is 5.56 Å². The summed E-state index contributed by atoms with van der Waals surface area (Å²) in [6, 6.07) is 3.72. The Morgan fingerprint density at radius 2 is 2.08 bits per heavy atom. The molecule has 0 nitrogen and oxygen atoms in total. The molecule has 0 fully saturated rings. The number of aryl methyl sites for hydroxylation is 1. The van der Waals surface area contributed by atoms with E-state index in [9.17, 15) is 8.78 Å². The van der Waals surface area contributed by atoms with Gasteiger partial charge in [-0.1, -0.05) is 6.07 Å². The fraction of sp³-hybridized carbons (Fsp3) is 0.333. The Balaban J connectivity index is 2.72. The lowest BCUT2D eigenvalue weighted by molar-refractivity contribution is 0.574. The maximum Gasteiger partial charge on any atom is 0.129 e. The zero-order valence-electron chi connectivity index (χ0n) is 6.81. The molecule has 0 heterocycles. The van der Waals surface area contributed by atoms with Crippen LogP contribution in [0.4, 0.5) is 8.78 Å². The van der Waals surface area contributed by atoms with Crippen molar-refractivity contribution in [2.45, 2.75) is 6.42 Å². The molecule has 0 aromatic heterocycles. The van der Waals surface area contributed by atoms with E-state index in [4.69, 9.17) is 0 Å². The third-order valence-corrected chi connectivity index (χ3v) is 2.20. The molecule has 66 valence electrons. The normalized spacial score (nSPS) is 10.2. The van der Waals surface area contributed by atoms with Crippen molar-refractivity contribution in [1.82, 2.24) is 0 Å². The van der Waals surface area contributed by atoms with Gasteiger partial charge in [0, 0.05) is 6.07 Å². The third-order valence-electron chi connectivity index (χ3n) is 1.59. The van der Waals surface area contributed by atoms with Gasteiger partial charge in [-0.05, 0) is 30.1 Å². The Morgan fingerprint density at radius 3 is 2.67 bits per heavy atom. The summed E-state index contributed by atoms with van der Waals surface area (Å²) in [5.41, 5.74) is 0.589. The van der Waals surface area contributed by atoms with Crippen LogP contribution in [0.3, 0.4) is 0 Å². The van der Waals surface area contributed by atoms with Crippen LogP contribution >= 0.6 is 11.8 Å². The van der Waals surface area contributed by atoms with Crippen molar-refractivity contribution in [3.63, 3.8) is 0 Å². The molecular weight excluding hydrogens is 178 g/mol. The highest BCUT2D eigenvalue weighted by atomic mass is 32.2. The predicted molar refractivity (Wildman–Crippen MR) is 48.4 cm³/mol. The van der Waals surface area contributed by atoms with Gasteiger partial charge in [0.1, 0.15) is 11.6 Å². The van der Waals surface area contributed by atoms with Gasteiger partial charge in [0.15, 0.2) is 0 Å². The van der Waals surface area contributed by atoms with E-state index in [1.54, 1.807) is 11.8 Å². The van der Waals surface area contributed by atoms with E-state index in [1.807, 2.05) is 6.26 Å². The van der Waals surface area contributed by atoms with Gasteiger partial charge < -0.3 is 0 Å². The molecule has 3 heteroatoms. The molecule has 0 radical (unpaired) electrons. The van der Waals surface area contributed by atoms with Crippen molar-refractivity contribution in [3.05, 3.63) is 35.4 Å². The molecule has 1 aromatic carbocycles. The molecule has 1 rings (SSSR count). The van der Waals surface area contributed by atoms with Crippen molar-refractivity contribution in [2.75, 3.05) is 12.0 Å². The van der Waals surface area contributed by atoms with E-state index < -0.39 is 11.6 Å². The number of benzene rings is 1. The minimum atomic E-state index is -0.514. The second kappa shape index (κ2) is 4.45. The highest BCUT2D eigenvalue weighted by molar-refractivity contribution is 7.98. The summed E-state index contributed by atoms with van der Waals surface area (Å²) >= 11 is 1.65. The summed E-state index contributed by atoms with van der Waals surface area (Å²) in [4.78, 5) is 0. The molecule has 0 spiro atoms. The molecule has 0 aliphatic heterocycles. The lowest BCUT2D eigenvalue weighted by Gasteiger charge is -2.00. The fourth-order valence-electron chi connectivity index (χ4n) is 0.936. The SMILES string of the molecule is CSCCc1ccc(F)cc1F. The molecular formula is C9H10F2S. The molecule has 0 aliphatic rings. The van der Waals surface area contributed by atoms with E-state index in [0.717, 1.165) is 11.8 Å². The number of hydrogen-bond donors (Lipinski definition) is 0. The van der Waals surface area contributed by atoms with Crippen LogP contribution in [0.5, 0.6) is 0 Å². The van der Waals surface area contributed by atoms with Crippen LogP contribution in [0, 0.1) is 11.6 Å². The smallest absolute Gasteiger partial charge is 0.129 e. The van der Waals surface area contributed by atoms with E-state index >= 15 is 0 Å². The van der Waals surface area contributed by atoms with Crippen LogP contribution < -0.4 is 0 Å². The fourth-order valence-corrected chi connectivity index (χ4v) is 1.36. The largest absolute Gasteiger partial charge is 0.207 e.